The van der Waals surface area contributed by atoms with Gasteiger partial charge in [0.25, 0.3) is 5.91 Å². The minimum absolute atomic E-state index is 0.00865. The molecule has 0 fully saturated rings. The van der Waals surface area contributed by atoms with Gasteiger partial charge in [0, 0.05) is 7.05 Å². The third-order valence-corrected chi connectivity index (χ3v) is 6.87. The zero-order valence-corrected chi connectivity index (χ0v) is 17.4. The van der Waals surface area contributed by atoms with Crippen molar-refractivity contribution < 1.29 is 4.79 Å². The molecular formula is C20H19N5OS2. The second-order valence-corrected chi connectivity index (χ2v) is 8.38. The van der Waals surface area contributed by atoms with Gasteiger partial charge in [0.15, 0.2) is 0 Å². The molecule has 1 aromatic carbocycles. The smallest absolute Gasteiger partial charge is 0.266 e. The van der Waals surface area contributed by atoms with Crippen molar-refractivity contribution in [1.29, 1.82) is 0 Å². The Labute approximate surface area is 171 Å². The van der Waals surface area contributed by atoms with Gasteiger partial charge < -0.3 is 4.90 Å². The van der Waals surface area contributed by atoms with Gasteiger partial charge in [-0.2, -0.15) is 5.10 Å². The third-order valence-electron chi connectivity index (χ3n) is 4.68. The zero-order valence-electron chi connectivity index (χ0n) is 15.7. The van der Waals surface area contributed by atoms with Gasteiger partial charge in [-0.1, -0.05) is 18.2 Å². The van der Waals surface area contributed by atoms with Crippen LogP contribution in [0.3, 0.4) is 0 Å². The molecule has 8 heteroatoms. The second-order valence-electron chi connectivity index (χ2n) is 6.43. The van der Waals surface area contributed by atoms with Gasteiger partial charge in [-0.05, 0) is 43.0 Å². The first-order chi connectivity index (χ1) is 13.5. The fourth-order valence-electron chi connectivity index (χ4n) is 2.91. The Morgan fingerprint density at radius 2 is 2.00 bits per heavy atom. The maximum atomic E-state index is 13.1. The largest absolute Gasteiger partial charge is 0.334 e. The van der Waals surface area contributed by atoms with Crippen molar-refractivity contribution in [2.45, 2.75) is 19.9 Å². The van der Waals surface area contributed by atoms with Gasteiger partial charge in [-0.3, -0.25) is 4.79 Å². The Morgan fingerprint density at radius 1 is 1.21 bits per heavy atom. The SMILES string of the molecule is Cc1nc(-c2cccs2)sc1C(=O)N(C)C(C)c1ccc(-n2cncn2)cc1. The van der Waals surface area contributed by atoms with Gasteiger partial charge in [0.05, 0.1) is 22.3 Å². The average molecular weight is 410 g/mol. The third kappa shape index (κ3) is 3.48. The van der Waals surface area contributed by atoms with Crippen LogP contribution in [0.5, 0.6) is 0 Å². The zero-order chi connectivity index (χ0) is 19.7. The highest BCUT2D eigenvalue weighted by Crippen LogP contribution is 2.32. The van der Waals surface area contributed by atoms with E-state index in [1.165, 1.54) is 17.7 Å². The number of benzene rings is 1. The van der Waals surface area contributed by atoms with Crippen molar-refractivity contribution in [3.8, 4) is 15.6 Å². The standard InChI is InChI=1S/C20H19N5OS2/c1-13-18(28-19(23-13)17-5-4-10-27-17)20(26)24(3)14(2)15-6-8-16(9-7-15)25-12-21-11-22-25/h4-12,14H,1-3H3. The monoisotopic (exact) mass is 409 g/mol. The van der Waals surface area contributed by atoms with Crippen LogP contribution in [0.25, 0.3) is 15.6 Å². The summed E-state index contributed by atoms with van der Waals surface area (Å²) in [5.74, 6) is -0.00865. The molecule has 0 spiro atoms. The molecule has 3 heterocycles. The van der Waals surface area contributed by atoms with Crippen LogP contribution < -0.4 is 0 Å². The molecule has 0 bridgehead atoms. The number of thiazole rings is 1. The Bertz CT molecular complexity index is 1070. The molecule has 0 saturated carbocycles. The maximum absolute atomic E-state index is 13.1. The highest BCUT2D eigenvalue weighted by Gasteiger charge is 2.24. The first-order valence-electron chi connectivity index (χ1n) is 8.78. The minimum atomic E-state index is -0.0658. The lowest BCUT2D eigenvalue weighted by atomic mass is 10.1. The van der Waals surface area contributed by atoms with Crippen LogP contribution in [-0.2, 0) is 0 Å². The quantitative estimate of drug-likeness (QED) is 0.483. The van der Waals surface area contributed by atoms with Gasteiger partial charge in [-0.25, -0.2) is 14.6 Å². The Balaban J connectivity index is 1.53. The Morgan fingerprint density at radius 3 is 2.64 bits per heavy atom. The Hall–Kier alpha value is -2.84. The lowest BCUT2D eigenvalue weighted by molar-refractivity contribution is 0.0746. The molecule has 1 atom stereocenters. The number of nitrogens with zero attached hydrogens (tertiary/aromatic N) is 5. The molecule has 4 aromatic rings. The van der Waals surface area contributed by atoms with Gasteiger partial charge in [0.1, 0.15) is 22.5 Å². The molecule has 0 saturated heterocycles. The van der Waals surface area contributed by atoms with Crippen molar-refractivity contribution in [3.63, 3.8) is 0 Å². The van der Waals surface area contributed by atoms with Crippen molar-refractivity contribution in [3.05, 3.63) is 70.6 Å². The van der Waals surface area contributed by atoms with E-state index in [9.17, 15) is 4.79 Å². The first-order valence-corrected chi connectivity index (χ1v) is 10.5. The van der Waals surface area contributed by atoms with Crippen LogP contribution in [0.2, 0.25) is 0 Å². The summed E-state index contributed by atoms with van der Waals surface area (Å²) in [7, 11) is 1.84. The van der Waals surface area contributed by atoms with E-state index in [1.807, 2.05) is 62.7 Å². The first kappa shape index (κ1) is 18.5. The molecule has 1 unspecified atom stereocenters. The summed E-state index contributed by atoms with van der Waals surface area (Å²) in [6, 6.07) is 11.9. The highest BCUT2D eigenvalue weighted by atomic mass is 32.1. The molecule has 6 nitrogen and oxygen atoms in total. The molecule has 0 N–H and O–H groups in total. The molecule has 1 amide bonds. The van der Waals surface area contributed by atoms with Crippen LogP contribution in [0, 0.1) is 6.92 Å². The van der Waals surface area contributed by atoms with Gasteiger partial charge >= 0.3 is 0 Å². The highest BCUT2D eigenvalue weighted by molar-refractivity contribution is 7.22. The van der Waals surface area contributed by atoms with E-state index in [2.05, 4.69) is 15.1 Å². The molecule has 0 aliphatic carbocycles. The van der Waals surface area contributed by atoms with E-state index in [0.717, 1.165) is 26.8 Å². The van der Waals surface area contributed by atoms with Crippen LogP contribution in [0.1, 0.15) is 33.9 Å². The number of carbonyl (C=O) groups excluding carboxylic acids is 1. The summed E-state index contributed by atoms with van der Waals surface area (Å²) in [6.45, 7) is 3.92. The maximum Gasteiger partial charge on any atom is 0.266 e. The molecule has 0 aliphatic heterocycles. The summed E-state index contributed by atoms with van der Waals surface area (Å²) in [5, 5.41) is 7.05. The number of carbonyl (C=O) groups is 1. The molecule has 28 heavy (non-hydrogen) atoms. The fourth-order valence-corrected chi connectivity index (χ4v) is 4.75. The van der Waals surface area contributed by atoms with Crippen molar-refractivity contribution in [1.82, 2.24) is 24.6 Å². The van der Waals surface area contributed by atoms with Crippen LogP contribution >= 0.6 is 22.7 Å². The molecule has 4 rings (SSSR count). The summed E-state index contributed by atoms with van der Waals surface area (Å²) < 4.78 is 1.70. The van der Waals surface area contributed by atoms with Crippen LogP contribution in [-0.4, -0.2) is 37.6 Å². The summed E-state index contributed by atoms with van der Waals surface area (Å²) in [6.07, 6.45) is 3.16. The summed E-state index contributed by atoms with van der Waals surface area (Å²) in [4.78, 5) is 25.2. The van der Waals surface area contributed by atoms with E-state index in [-0.39, 0.29) is 11.9 Å². The van der Waals surface area contributed by atoms with E-state index >= 15 is 0 Å². The lowest BCUT2D eigenvalue weighted by Gasteiger charge is -2.25. The summed E-state index contributed by atoms with van der Waals surface area (Å²) in [5.41, 5.74) is 2.76. The van der Waals surface area contributed by atoms with Crippen molar-refractivity contribution in [2.75, 3.05) is 7.05 Å². The number of amides is 1. The van der Waals surface area contributed by atoms with Crippen molar-refractivity contribution in [2.24, 2.45) is 0 Å². The molecular weight excluding hydrogens is 390 g/mol. The van der Waals surface area contributed by atoms with E-state index in [0.29, 0.717) is 4.88 Å². The van der Waals surface area contributed by atoms with Crippen LogP contribution in [0.15, 0.2) is 54.4 Å². The average Bonchev–Trinajstić information content (AvgIpc) is 3.47. The molecule has 0 radical (unpaired) electrons. The fraction of sp³-hybridized carbons (Fsp3) is 0.200. The van der Waals surface area contributed by atoms with E-state index < -0.39 is 0 Å². The van der Waals surface area contributed by atoms with Crippen LogP contribution in [0.4, 0.5) is 0 Å². The molecule has 3 aromatic heterocycles. The topological polar surface area (TPSA) is 63.9 Å². The predicted molar refractivity (Wildman–Crippen MR) is 112 cm³/mol. The van der Waals surface area contributed by atoms with Gasteiger partial charge in [-0.15, -0.1) is 22.7 Å². The molecule has 0 aliphatic rings. The number of thiophene rings is 1. The summed E-state index contributed by atoms with van der Waals surface area (Å²) >= 11 is 3.09. The number of hydrogen-bond acceptors (Lipinski definition) is 6. The Kier molecular flexibility index (Phi) is 5.06. The number of aryl methyl sites for hydroxylation is 1. The normalized spacial score (nSPS) is 12.1. The number of aromatic nitrogens is 4. The van der Waals surface area contributed by atoms with Crippen molar-refractivity contribution >= 4 is 28.6 Å². The second kappa shape index (κ2) is 7.65. The number of rotatable bonds is 5. The van der Waals surface area contributed by atoms with E-state index in [4.69, 9.17) is 0 Å². The van der Waals surface area contributed by atoms with Gasteiger partial charge in [0.2, 0.25) is 0 Å². The number of hydrogen-bond donors (Lipinski definition) is 0. The van der Waals surface area contributed by atoms with E-state index in [1.54, 1.807) is 27.2 Å². The lowest BCUT2D eigenvalue weighted by Crippen LogP contribution is -2.29. The molecule has 142 valence electrons. The minimum Gasteiger partial charge on any atom is -0.334 e. The predicted octanol–water partition coefficient (Wildman–Crippen LogP) is 4.59.